The van der Waals surface area contributed by atoms with Crippen molar-refractivity contribution in [2.24, 2.45) is 0 Å². The molecular formula is C17H22N4O3. The van der Waals surface area contributed by atoms with Gasteiger partial charge in [0.2, 0.25) is 0 Å². The average molecular weight is 330 g/mol. The number of carbonyl (C=O) groups excluding carboxylic acids is 2. The number of rotatable bonds is 6. The first-order chi connectivity index (χ1) is 11.5. The molecular weight excluding hydrogens is 308 g/mol. The van der Waals surface area contributed by atoms with Crippen molar-refractivity contribution in [2.75, 3.05) is 24.4 Å². The number of anilines is 2. The summed E-state index contributed by atoms with van der Waals surface area (Å²) in [7, 11) is 1.60. The molecule has 0 aliphatic carbocycles. The fraction of sp³-hybridized carbons (Fsp3) is 0.353. The lowest BCUT2D eigenvalue weighted by Crippen LogP contribution is -2.29. The number of aromatic nitrogens is 2. The summed E-state index contributed by atoms with van der Waals surface area (Å²) in [6.07, 6.45) is 1.71. The van der Waals surface area contributed by atoms with Gasteiger partial charge in [0, 0.05) is 25.1 Å². The van der Waals surface area contributed by atoms with Gasteiger partial charge < -0.3 is 15.4 Å². The van der Waals surface area contributed by atoms with Gasteiger partial charge in [0.1, 0.15) is 0 Å². The van der Waals surface area contributed by atoms with Crippen LogP contribution in [-0.2, 0) is 20.9 Å². The molecule has 128 valence electrons. The van der Waals surface area contributed by atoms with Crippen LogP contribution in [0.4, 0.5) is 11.5 Å². The molecule has 0 radical (unpaired) electrons. The summed E-state index contributed by atoms with van der Waals surface area (Å²) in [6.45, 7) is 5.21. The molecule has 24 heavy (non-hydrogen) atoms. The zero-order valence-corrected chi connectivity index (χ0v) is 14.1. The maximum atomic E-state index is 12.0. The SMILES string of the molecule is COCCn1ccc(NC(=O)C(=O)Nc2cccc(C(C)C)c2)n1. The molecule has 7 heteroatoms. The van der Waals surface area contributed by atoms with E-state index in [1.807, 2.05) is 18.2 Å². The van der Waals surface area contributed by atoms with Gasteiger partial charge >= 0.3 is 11.8 Å². The van der Waals surface area contributed by atoms with E-state index in [4.69, 9.17) is 4.74 Å². The lowest BCUT2D eigenvalue weighted by atomic mass is 10.0. The first kappa shape index (κ1) is 17.7. The molecule has 2 N–H and O–H groups in total. The third-order valence-electron chi connectivity index (χ3n) is 3.42. The smallest absolute Gasteiger partial charge is 0.315 e. The zero-order valence-electron chi connectivity index (χ0n) is 14.1. The van der Waals surface area contributed by atoms with Gasteiger partial charge in [0.05, 0.1) is 13.2 Å². The Morgan fingerprint density at radius 2 is 1.96 bits per heavy atom. The molecule has 0 bridgehead atoms. The van der Waals surface area contributed by atoms with Gasteiger partial charge in [-0.05, 0) is 23.6 Å². The molecule has 1 heterocycles. The number of carbonyl (C=O) groups is 2. The summed E-state index contributed by atoms with van der Waals surface area (Å²) in [6, 6.07) is 9.06. The molecule has 0 unspecified atom stereocenters. The maximum Gasteiger partial charge on any atom is 0.315 e. The van der Waals surface area contributed by atoms with Crippen molar-refractivity contribution in [3.05, 3.63) is 42.1 Å². The van der Waals surface area contributed by atoms with E-state index in [0.29, 0.717) is 30.6 Å². The van der Waals surface area contributed by atoms with Crippen LogP contribution >= 0.6 is 0 Å². The van der Waals surface area contributed by atoms with Crippen LogP contribution in [0.1, 0.15) is 25.3 Å². The Morgan fingerprint density at radius 3 is 2.67 bits per heavy atom. The molecule has 1 aromatic heterocycles. The highest BCUT2D eigenvalue weighted by atomic mass is 16.5. The number of methoxy groups -OCH3 is 1. The van der Waals surface area contributed by atoms with E-state index in [0.717, 1.165) is 5.56 Å². The Labute approximate surface area is 141 Å². The van der Waals surface area contributed by atoms with Crippen molar-refractivity contribution >= 4 is 23.3 Å². The van der Waals surface area contributed by atoms with E-state index in [1.54, 1.807) is 30.1 Å². The van der Waals surface area contributed by atoms with Gasteiger partial charge in [0.25, 0.3) is 0 Å². The second-order valence-electron chi connectivity index (χ2n) is 5.65. The Balaban J connectivity index is 1.93. The number of benzene rings is 1. The predicted molar refractivity (Wildman–Crippen MR) is 91.9 cm³/mol. The van der Waals surface area contributed by atoms with Gasteiger partial charge in [-0.3, -0.25) is 14.3 Å². The van der Waals surface area contributed by atoms with Crippen molar-refractivity contribution in [1.82, 2.24) is 9.78 Å². The van der Waals surface area contributed by atoms with Crippen molar-refractivity contribution in [1.29, 1.82) is 0 Å². The van der Waals surface area contributed by atoms with E-state index in [9.17, 15) is 9.59 Å². The standard InChI is InChI=1S/C17H22N4O3/c1-12(2)13-5-4-6-14(11-13)18-16(22)17(23)19-15-7-8-21(20-15)9-10-24-3/h4-8,11-12H,9-10H2,1-3H3,(H,18,22)(H,19,20,23). The van der Waals surface area contributed by atoms with Crippen LogP contribution in [-0.4, -0.2) is 35.3 Å². The summed E-state index contributed by atoms with van der Waals surface area (Å²) in [5, 5.41) is 9.20. The van der Waals surface area contributed by atoms with Crippen molar-refractivity contribution in [2.45, 2.75) is 26.3 Å². The largest absolute Gasteiger partial charge is 0.383 e. The summed E-state index contributed by atoms with van der Waals surface area (Å²) in [5.41, 5.74) is 1.68. The molecule has 1 aromatic carbocycles. The van der Waals surface area contributed by atoms with E-state index in [-0.39, 0.29) is 0 Å². The van der Waals surface area contributed by atoms with Crippen LogP contribution < -0.4 is 10.6 Å². The maximum absolute atomic E-state index is 12.0. The highest BCUT2D eigenvalue weighted by Gasteiger charge is 2.15. The molecule has 0 aliphatic rings. The Morgan fingerprint density at radius 1 is 1.21 bits per heavy atom. The molecule has 2 amide bonds. The van der Waals surface area contributed by atoms with Crippen molar-refractivity contribution in [3.63, 3.8) is 0 Å². The molecule has 0 atom stereocenters. The minimum Gasteiger partial charge on any atom is -0.383 e. The minimum absolute atomic E-state index is 0.321. The number of amides is 2. The van der Waals surface area contributed by atoms with Crippen molar-refractivity contribution < 1.29 is 14.3 Å². The average Bonchev–Trinajstić information content (AvgIpc) is 3.00. The molecule has 0 saturated heterocycles. The van der Waals surface area contributed by atoms with Gasteiger partial charge in [0.15, 0.2) is 5.82 Å². The normalized spacial score (nSPS) is 10.7. The lowest BCUT2D eigenvalue weighted by molar-refractivity contribution is -0.133. The predicted octanol–water partition coefficient (Wildman–Crippen LogP) is 2.23. The lowest BCUT2D eigenvalue weighted by Gasteiger charge is -2.09. The fourth-order valence-electron chi connectivity index (χ4n) is 2.07. The highest BCUT2D eigenvalue weighted by Crippen LogP contribution is 2.18. The Bertz CT molecular complexity index is 709. The summed E-state index contributed by atoms with van der Waals surface area (Å²) < 4.78 is 6.58. The second-order valence-corrected chi connectivity index (χ2v) is 5.65. The molecule has 0 fully saturated rings. The fourth-order valence-corrected chi connectivity index (χ4v) is 2.07. The number of nitrogens with one attached hydrogen (secondary N) is 2. The van der Waals surface area contributed by atoms with Crippen molar-refractivity contribution in [3.8, 4) is 0 Å². The molecule has 0 aliphatic heterocycles. The first-order valence-corrected chi connectivity index (χ1v) is 7.74. The Hall–Kier alpha value is -2.67. The molecule has 7 nitrogen and oxygen atoms in total. The molecule has 0 saturated carbocycles. The summed E-state index contributed by atoms with van der Waals surface area (Å²) in [5.74, 6) is -0.835. The van der Waals surface area contributed by atoms with Gasteiger partial charge in [-0.2, -0.15) is 5.10 Å². The number of hydrogen-bond acceptors (Lipinski definition) is 4. The van der Waals surface area contributed by atoms with Crippen LogP contribution in [0.2, 0.25) is 0 Å². The van der Waals surface area contributed by atoms with Gasteiger partial charge in [-0.25, -0.2) is 0 Å². The second kappa shape index (κ2) is 8.26. The van der Waals surface area contributed by atoms with E-state index in [2.05, 4.69) is 29.6 Å². The minimum atomic E-state index is -0.762. The van der Waals surface area contributed by atoms with Crippen LogP contribution in [0.5, 0.6) is 0 Å². The van der Waals surface area contributed by atoms with E-state index in [1.165, 1.54) is 0 Å². The molecule has 0 spiro atoms. The van der Waals surface area contributed by atoms with E-state index < -0.39 is 11.8 Å². The quantitative estimate of drug-likeness (QED) is 0.795. The Kier molecular flexibility index (Phi) is 6.08. The zero-order chi connectivity index (χ0) is 17.5. The van der Waals surface area contributed by atoms with Crippen LogP contribution in [0.15, 0.2) is 36.5 Å². The number of nitrogens with zero attached hydrogens (tertiary/aromatic N) is 2. The van der Waals surface area contributed by atoms with Crippen LogP contribution in [0.25, 0.3) is 0 Å². The molecule has 2 aromatic rings. The topological polar surface area (TPSA) is 85.2 Å². The molecule has 2 rings (SSSR count). The summed E-state index contributed by atoms with van der Waals surface area (Å²) >= 11 is 0. The first-order valence-electron chi connectivity index (χ1n) is 7.74. The van der Waals surface area contributed by atoms with E-state index >= 15 is 0 Å². The van der Waals surface area contributed by atoms with Gasteiger partial charge in [-0.15, -0.1) is 0 Å². The highest BCUT2D eigenvalue weighted by molar-refractivity contribution is 6.43. The monoisotopic (exact) mass is 330 g/mol. The number of ether oxygens (including phenoxy) is 1. The summed E-state index contributed by atoms with van der Waals surface area (Å²) in [4.78, 5) is 24.0. The third kappa shape index (κ3) is 4.92. The van der Waals surface area contributed by atoms with Gasteiger partial charge in [-0.1, -0.05) is 26.0 Å². The number of hydrogen-bond donors (Lipinski definition) is 2. The van der Waals surface area contributed by atoms with Crippen LogP contribution in [0.3, 0.4) is 0 Å². The van der Waals surface area contributed by atoms with Crippen LogP contribution in [0, 0.1) is 0 Å². The third-order valence-corrected chi connectivity index (χ3v) is 3.42.